The van der Waals surface area contributed by atoms with Gasteiger partial charge in [-0.1, -0.05) is 42.5 Å². The topological polar surface area (TPSA) is 46.6 Å². The van der Waals surface area contributed by atoms with Gasteiger partial charge in [-0.3, -0.25) is 9.59 Å². The van der Waals surface area contributed by atoms with Gasteiger partial charge in [0.25, 0.3) is 11.7 Å². The van der Waals surface area contributed by atoms with E-state index in [1.165, 1.54) is 4.90 Å². The summed E-state index contributed by atoms with van der Waals surface area (Å²) in [7, 11) is 0. The molecule has 1 heterocycles. The Labute approximate surface area is 135 Å². The number of carbonyl (C=O) groups excluding carboxylic acids is 2. The van der Waals surface area contributed by atoms with Gasteiger partial charge in [-0.15, -0.1) is 0 Å². The molecule has 0 saturated carbocycles. The van der Waals surface area contributed by atoms with Crippen molar-refractivity contribution in [3.63, 3.8) is 0 Å². The SMILES string of the molecule is C=CCOc1ccccc1CN1C(=O)C(=O)c2cc(C)ccc21. The molecule has 0 atom stereocenters. The van der Waals surface area contributed by atoms with E-state index < -0.39 is 11.7 Å². The first-order valence-electron chi connectivity index (χ1n) is 7.40. The van der Waals surface area contributed by atoms with Gasteiger partial charge in [0.05, 0.1) is 17.8 Å². The Hall–Kier alpha value is -2.88. The lowest BCUT2D eigenvalue weighted by Crippen LogP contribution is -2.29. The van der Waals surface area contributed by atoms with E-state index in [-0.39, 0.29) is 0 Å². The van der Waals surface area contributed by atoms with Crippen molar-refractivity contribution in [3.8, 4) is 5.75 Å². The zero-order chi connectivity index (χ0) is 16.4. The molecule has 1 aliphatic rings. The summed E-state index contributed by atoms with van der Waals surface area (Å²) < 4.78 is 5.62. The van der Waals surface area contributed by atoms with Crippen LogP contribution in [0, 0.1) is 6.92 Å². The van der Waals surface area contributed by atoms with Crippen LogP contribution in [0.3, 0.4) is 0 Å². The van der Waals surface area contributed by atoms with E-state index in [2.05, 4.69) is 6.58 Å². The summed E-state index contributed by atoms with van der Waals surface area (Å²) in [5, 5.41) is 0. The molecule has 0 aliphatic carbocycles. The first-order chi connectivity index (χ1) is 11.1. The monoisotopic (exact) mass is 307 g/mol. The van der Waals surface area contributed by atoms with E-state index in [0.29, 0.717) is 30.2 Å². The molecule has 4 nitrogen and oxygen atoms in total. The lowest BCUT2D eigenvalue weighted by atomic mass is 10.1. The minimum Gasteiger partial charge on any atom is -0.489 e. The number of para-hydroxylation sites is 1. The molecule has 0 saturated heterocycles. The number of fused-ring (bicyclic) bond motifs is 1. The van der Waals surface area contributed by atoms with Gasteiger partial charge in [-0.2, -0.15) is 0 Å². The van der Waals surface area contributed by atoms with Gasteiger partial charge in [0.1, 0.15) is 12.4 Å². The third-order valence-electron chi connectivity index (χ3n) is 3.78. The van der Waals surface area contributed by atoms with Crippen LogP contribution in [-0.4, -0.2) is 18.3 Å². The number of nitrogens with zero attached hydrogens (tertiary/aromatic N) is 1. The molecular formula is C19H17NO3. The normalized spacial score (nSPS) is 13.2. The summed E-state index contributed by atoms with van der Waals surface area (Å²) in [4.78, 5) is 26.0. The maximum absolute atomic E-state index is 12.3. The number of amides is 1. The molecule has 4 heteroatoms. The molecule has 2 aromatic rings. The van der Waals surface area contributed by atoms with Crippen LogP contribution in [-0.2, 0) is 11.3 Å². The van der Waals surface area contributed by atoms with Gasteiger partial charge in [0.15, 0.2) is 0 Å². The number of carbonyl (C=O) groups is 2. The second-order valence-corrected chi connectivity index (χ2v) is 5.45. The van der Waals surface area contributed by atoms with Crippen molar-refractivity contribution in [1.29, 1.82) is 0 Å². The van der Waals surface area contributed by atoms with Crippen molar-refractivity contribution in [1.82, 2.24) is 0 Å². The summed E-state index contributed by atoms with van der Waals surface area (Å²) in [5.41, 5.74) is 2.94. The minimum absolute atomic E-state index is 0.300. The van der Waals surface area contributed by atoms with E-state index in [1.807, 2.05) is 43.3 Å². The molecule has 1 amide bonds. The van der Waals surface area contributed by atoms with Crippen LogP contribution >= 0.6 is 0 Å². The molecule has 0 fully saturated rings. The van der Waals surface area contributed by atoms with E-state index >= 15 is 0 Å². The van der Waals surface area contributed by atoms with E-state index in [4.69, 9.17) is 4.74 Å². The van der Waals surface area contributed by atoms with Gasteiger partial charge in [0.2, 0.25) is 0 Å². The first-order valence-corrected chi connectivity index (χ1v) is 7.40. The van der Waals surface area contributed by atoms with E-state index in [1.54, 1.807) is 12.1 Å². The molecule has 3 rings (SSSR count). The van der Waals surface area contributed by atoms with Crippen molar-refractivity contribution >= 4 is 17.4 Å². The maximum atomic E-state index is 12.3. The van der Waals surface area contributed by atoms with Crippen LogP contribution in [0.15, 0.2) is 55.1 Å². The average molecular weight is 307 g/mol. The molecule has 2 aromatic carbocycles. The Balaban J connectivity index is 1.94. The predicted molar refractivity (Wildman–Crippen MR) is 88.8 cm³/mol. The fraction of sp³-hybridized carbons (Fsp3) is 0.158. The Bertz CT molecular complexity index is 795. The molecular weight excluding hydrogens is 290 g/mol. The van der Waals surface area contributed by atoms with E-state index in [9.17, 15) is 9.59 Å². The summed E-state index contributed by atoms with van der Waals surface area (Å²) in [6.07, 6.45) is 1.67. The second kappa shape index (κ2) is 6.08. The number of hydrogen-bond acceptors (Lipinski definition) is 3. The van der Waals surface area contributed by atoms with Crippen LogP contribution in [0.25, 0.3) is 0 Å². The molecule has 0 N–H and O–H groups in total. The molecule has 0 radical (unpaired) electrons. The van der Waals surface area contributed by atoms with Crippen molar-refractivity contribution < 1.29 is 14.3 Å². The highest BCUT2D eigenvalue weighted by Crippen LogP contribution is 2.32. The fourth-order valence-corrected chi connectivity index (χ4v) is 2.67. The van der Waals surface area contributed by atoms with Crippen LogP contribution in [0.5, 0.6) is 5.75 Å². The van der Waals surface area contributed by atoms with Gasteiger partial charge >= 0.3 is 0 Å². The van der Waals surface area contributed by atoms with Gasteiger partial charge in [-0.05, 0) is 25.1 Å². The third kappa shape index (κ3) is 2.75. The minimum atomic E-state index is -0.496. The maximum Gasteiger partial charge on any atom is 0.299 e. The van der Waals surface area contributed by atoms with Gasteiger partial charge in [0, 0.05) is 5.56 Å². The van der Waals surface area contributed by atoms with Crippen molar-refractivity contribution in [2.45, 2.75) is 13.5 Å². The molecule has 116 valence electrons. The number of Topliss-reactive ketones (excluding diaryl/α,β-unsaturated/α-hetero) is 1. The summed E-state index contributed by atoms with van der Waals surface area (Å²) in [6.45, 7) is 6.22. The number of hydrogen-bond donors (Lipinski definition) is 0. The lowest BCUT2D eigenvalue weighted by Gasteiger charge is -2.18. The van der Waals surface area contributed by atoms with Crippen molar-refractivity contribution in [2.75, 3.05) is 11.5 Å². The van der Waals surface area contributed by atoms with Gasteiger partial charge in [-0.25, -0.2) is 0 Å². The highest BCUT2D eigenvalue weighted by molar-refractivity contribution is 6.52. The molecule has 23 heavy (non-hydrogen) atoms. The standard InChI is InChI=1S/C19H17NO3/c1-3-10-23-17-7-5-4-6-14(17)12-20-16-9-8-13(2)11-15(16)18(21)19(20)22/h3-9,11H,1,10,12H2,2H3. The Morgan fingerprint density at radius 2 is 1.96 bits per heavy atom. The average Bonchev–Trinajstić information content (AvgIpc) is 2.79. The highest BCUT2D eigenvalue weighted by Gasteiger charge is 2.36. The zero-order valence-electron chi connectivity index (χ0n) is 12.9. The molecule has 0 spiro atoms. The van der Waals surface area contributed by atoms with Crippen LogP contribution in [0.1, 0.15) is 21.5 Å². The lowest BCUT2D eigenvalue weighted by molar-refractivity contribution is -0.114. The Morgan fingerprint density at radius 1 is 1.17 bits per heavy atom. The summed E-state index contributed by atoms with van der Waals surface area (Å²) >= 11 is 0. The predicted octanol–water partition coefficient (Wildman–Crippen LogP) is 3.29. The number of rotatable bonds is 5. The molecule has 0 unspecified atom stereocenters. The molecule has 0 aromatic heterocycles. The Kier molecular flexibility index (Phi) is 3.98. The number of ether oxygens (including phenoxy) is 1. The van der Waals surface area contributed by atoms with Gasteiger partial charge < -0.3 is 9.64 Å². The summed E-state index contributed by atoms with van der Waals surface area (Å²) in [6, 6.07) is 13.0. The fourth-order valence-electron chi connectivity index (χ4n) is 2.67. The van der Waals surface area contributed by atoms with Crippen molar-refractivity contribution in [2.24, 2.45) is 0 Å². The third-order valence-corrected chi connectivity index (χ3v) is 3.78. The van der Waals surface area contributed by atoms with Crippen LogP contribution in [0.4, 0.5) is 5.69 Å². The number of anilines is 1. The zero-order valence-corrected chi connectivity index (χ0v) is 12.9. The van der Waals surface area contributed by atoms with Crippen LogP contribution < -0.4 is 9.64 Å². The smallest absolute Gasteiger partial charge is 0.299 e. The summed E-state index contributed by atoms with van der Waals surface area (Å²) in [5.74, 6) is -0.259. The van der Waals surface area contributed by atoms with E-state index in [0.717, 1.165) is 11.1 Å². The first kappa shape index (κ1) is 15.0. The number of aryl methyl sites for hydroxylation is 1. The molecule has 0 bridgehead atoms. The second-order valence-electron chi connectivity index (χ2n) is 5.45. The number of ketones is 1. The molecule has 1 aliphatic heterocycles. The Morgan fingerprint density at radius 3 is 2.74 bits per heavy atom. The van der Waals surface area contributed by atoms with Crippen LogP contribution in [0.2, 0.25) is 0 Å². The number of benzene rings is 2. The largest absolute Gasteiger partial charge is 0.489 e. The quantitative estimate of drug-likeness (QED) is 0.629. The van der Waals surface area contributed by atoms with Crippen molar-refractivity contribution in [3.05, 3.63) is 71.8 Å². The highest BCUT2D eigenvalue weighted by atomic mass is 16.5.